The van der Waals surface area contributed by atoms with Crippen molar-refractivity contribution in [2.45, 2.75) is 72.1 Å². The maximum Gasteiger partial charge on any atom is 0.410 e. The second kappa shape index (κ2) is 7.26. The number of halogens is 1. The average molecular weight is 394 g/mol. The van der Waals surface area contributed by atoms with Gasteiger partial charge in [-0.3, -0.25) is 0 Å². The summed E-state index contributed by atoms with van der Waals surface area (Å²) < 4.78 is 24.8. The lowest BCUT2D eigenvalue weighted by Crippen LogP contribution is -2.69. The van der Waals surface area contributed by atoms with E-state index >= 15 is 0 Å². The molecule has 1 aliphatic heterocycles. The van der Waals surface area contributed by atoms with Gasteiger partial charge >= 0.3 is 12.2 Å². The van der Waals surface area contributed by atoms with Crippen LogP contribution in [0.15, 0.2) is 12.1 Å². The highest BCUT2D eigenvalue weighted by Gasteiger charge is 2.50. The van der Waals surface area contributed by atoms with Crippen molar-refractivity contribution < 1.29 is 23.5 Å². The summed E-state index contributed by atoms with van der Waals surface area (Å²) in [6, 6.07) is 3.04. The molecule has 156 valence electrons. The largest absolute Gasteiger partial charge is 0.444 e. The quantitative estimate of drug-likeness (QED) is 0.807. The van der Waals surface area contributed by atoms with Crippen molar-refractivity contribution in [3.8, 4) is 0 Å². The number of nitrogens with one attached hydrogen (secondary N) is 1. The van der Waals surface area contributed by atoms with Crippen molar-refractivity contribution in [1.29, 1.82) is 0 Å². The zero-order valence-corrected chi connectivity index (χ0v) is 18.0. The van der Waals surface area contributed by atoms with Gasteiger partial charge in [0.2, 0.25) is 0 Å². The molecule has 0 bridgehead atoms. The Labute approximate surface area is 166 Å². The van der Waals surface area contributed by atoms with Gasteiger partial charge in [-0.2, -0.15) is 0 Å². The number of hydrogen-bond donors (Lipinski definition) is 1. The van der Waals surface area contributed by atoms with Gasteiger partial charge in [0.05, 0.1) is 13.1 Å². The smallest absolute Gasteiger partial charge is 0.410 e. The van der Waals surface area contributed by atoms with E-state index in [1.54, 1.807) is 54.5 Å². The summed E-state index contributed by atoms with van der Waals surface area (Å²) in [4.78, 5) is 26.4. The molecule has 7 heteroatoms. The lowest BCUT2D eigenvalue weighted by atomic mass is 9.79. The van der Waals surface area contributed by atoms with E-state index < -0.39 is 28.9 Å². The Hall–Kier alpha value is -2.31. The molecule has 1 N–H and O–H groups in total. The minimum atomic E-state index is -0.859. The lowest BCUT2D eigenvalue weighted by molar-refractivity contribution is -0.0231. The van der Waals surface area contributed by atoms with E-state index in [1.165, 1.54) is 11.0 Å². The summed E-state index contributed by atoms with van der Waals surface area (Å²) in [6.07, 6.45) is -1.04. The normalized spacial score (nSPS) is 16.2. The fourth-order valence-corrected chi connectivity index (χ4v) is 3.18. The molecular formula is C21H31FN2O4. The SMILES string of the molecule is Cc1c(F)ccc(C2(NC(=O)OC(C)(C)C)CN(C(=O)OC(C)(C)C)C2)c1C. The molecule has 1 fully saturated rings. The van der Waals surface area contributed by atoms with Gasteiger partial charge in [0.25, 0.3) is 0 Å². The third-order valence-corrected chi connectivity index (χ3v) is 4.55. The number of amides is 2. The Balaban J connectivity index is 2.31. The Bertz CT molecular complexity index is 772. The van der Waals surface area contributed by atoms with E-state index in [0.29, 0.717) is 5.56 Å². The molecule has 0 aliphatic carbocycles. The molecule has 1 heterocycles. The van der Waals surface area contributed by atoms with Crippen LogP contribution in [0.3, 0.4) is 0 Å². The predicted molar refractivity (Wildman–Crippen MR) is 105 cm³/mol. The number of rotatable bonds is 2. The van der Waals surface area contributed by atoms with Crippen molar-refractivity contribution in [3.05, 3.63) is 34.6 Å². The zero-order chi connectivity index (χ0) is 21.5. The number of alkyl carbamates (subject to hydrolysis) is 1. The van der Waals surface area contributed by atoms with Crippen LogP contribution in [0.5, 0.6) is 0 Å². The molecule has 1 saturated heterocycles. The van der Waals surface area contributed by atoms with Crippen LogP contribution in [-0.4, -0.2) is 41.4 Å². The van der Waals surface area contributed by atoms with E-state index in [1.807, 2.05) is 6.92 Å². The standard InChI is InChI=1S/C21H31FN2O4/c1-13-14(2)16(22)10-9-15(13)21(23-17(25)27-19(3,4)5)11-24(12-21)18(26)28-20(6,7)8/h9-10H,11-12H2,1-8H3,(H,23,25). The number of carbonyl (C=O) groups is 2. The molecule has 0 spiro atoms. The second-order valence-corrected chi connectivity index (χ2v) is 9.39. The van der Waals surface area contributed by atoms with Crippen LogP contribution < -0.4 is 5.32 Å². The van der Waals surface area contributed by atoms with E-state index in [2.05, 4.69) is 5.32 Å². The molecule has 0 atom stereocenters. The molecule has 0 radical (unpaired) electrons. The van der Waals surface area contributed by atoms with Gasteiger partial charge in [-0.1, -0.05) is 6.07 Å². The number of carbonyl (C=O) groups excluding carboxylic acids is 2. The number of benzene rings is 1. The van der Waals surface area contributed by atoms with Crippen LogP contribution in [0.2, 0.25) is 0 Å². The zero-order valence-electron chi connectivity index (χ0n) is 18.0. The highest BCUT2D eigenvalue weighted by atomic mass is 19.1. The highest BCUT2D eigenvalue weighted by molar-refractivity contribution is 5.74. The van der Waals surface area contributed by atoms with Gasteiger partial charge in [-0.25, -0.2) is 14.0 Å². The van der Waals surface area contributed by atoms with Crippen molar-refractivity contribution in [3.63, 3.8) is 0 Å². The number of ether oxygens (including phenoxy) is 2. The van der Waals surface area contributed by atoms with E-state index in [0.717, 1.165) is 11.1 Å². The highest BCUT2D eigenvalue weighted by Crippen LogP contribution is 2.36. The number of hydrogen-bond acceptors (Lipinski definition) is 4. The monoisotopic (exact) mass is 394 g/mol. The summed E-state index contributed by atoms with van der Waals surface area (Å²) in [5, 5.41) is 2.90. The van der Waals surface area contributed by atoms with E-state index in [4.69, 9.17) is 9.47 Å². The van der Waals surface area contributed by atoms with E-state index in [9.17, 15) is 14.0 Å². The average Bonchev–Trinajstić information content (AvgIpc) is 2.45. The summed E-state index contributed by atoms with van der Waals surface area (Å²) in [5.74, 6) is -0.308. The Kier molecular flexibility index (Phi) is 5.70. The third kappa shape index (κ3) is 4.94. The molecule has 1 aromatic carbocycles. The third-order valence-electron chi connectivity index (χ3n) is 4.55. The van der Waals surface area contributed by atoms with Gasteiger partial charge < -0.3 is 19.7 Å². The summed E-state index contributed by atoms with van der Waals surface area (Å²) in [7, 11) is 0. The van der Waals surface area contributed by atoms with Crippen molar-refractivity contribution in [1.82, 2.24) is 10.2 Å². The maximum absolute atomic E-state index is 13.9. The minimum Gasteiger partial charge on any atom is -0.444 e. The molecule has 1 aliphatic rings. The Morgan fingerprint density at radius 1 is 1.00 bits per heavy atom. The fourth-order valence-electron chi connectivity index (χ4n) is 3.18. The van der Waals surface area contributed by atoms with Gasteiger partial charge in [0, 0.05) is 0 Å². The first kappa shape index (κ1) is 22.0. The number of nitrogens with zero attached hydrogens (tertiary/aromatic N) is 1. The van der Waals surface area contributed by atoms with Gasteiger partial charge in [0.1, 0.15) is 22.6 Å². The first-order chi connectivity index (χ1) is 12.6. The molecule has 6 nitrogen and oxygen atoms in total. The van der Waals surface area contributed by atoms with Gasteiger partial charge in [-0.05, 0) is 78.1 Å². The van der Waals surface area contributed by atoms with Crippen LogP contribution >= 0.6 is 0 Å². The summed E-state index contributed by atoms with van der Waals surface area (Å²) >= 11 is 0. The van der Waals surface area contributed by atoms with Gasteiger partial charge in [0.15, 0.2) is 0 Å². The number of likely N-dealkylation sites (tertiary alicyclic amines) is 1. The minimum absolute atomic E-state index is 0.215. The Morgan fingerprint density at radius 2 is 1.54 bits per heavy atom. The predicted octanol–water partition coefficient (Wildman–Crippen LogP) is 4.41. The molecule has 28 heavy (non-hydrogen) atoms. The maximum atomic E-state index is 13.9. The first-order valence-corrected chi connectivity index (χ1v) is 9.39. The molecule has 2 rings (SSSR count). The molecule has 0 aromatic heterocycles. The van der Waals surface area contributed by atoms with E-state index in [-0.39, 0.29) is 18.9 Å². The van der Waals surface area contributed by atoms with Crippen molar-refractivity contribution in [2.24, 2.45) is 0 Å². The molecule has 1 aromatic rings. The molecular weight excluding hydrogens is 363 g/mol. The van der Waals surface area contributed by atoms with Crippen molar-refractivity contribution >= 4 is 12.2 Å². The van der Waals surface area contributed by atoms with Crippen LogP contribution in [-0.2, 0) is 15.0 Å². The second-order valence-electron chi connectivity index (χ2n) is 9.39. The van der Waals surface area contributed by atoms with Gasteiger partial charge in [-0.15, -0.1) is 0 Å². The van der Waals surface area contributed by atoms with Crippen molar-refractivity contribution in [2.75, 3.05) is 13.1 Å². The molecule has 2 amide bonds. The van der Waals surface area contributed by atoms with Crippen LogP contribution in [0.4, 0.5) is 14.0 Å². The topological polar surface area (TPSA) is 67.9 Å². The van der Waals surface area contributed by atoms with Crippen LogP contribution in [0, 0.1) is 19.7 Å². The summed E-state index contributed by atoms with van der Waals surface area (Å²) in [5.41, 5.74) is -0.123. The van der Waals surface area contributed by atoms with Crippen LogP contribution in [0.25, 0.3) is 0 Å². The summed E-state index contributed by atoms with van der Waals surface area (Å²) in [6.45, 7) is 14.7. The first-order valence-electron chi connectivity index (χ1n) is 9.39. The molecule has 0 saturated carbocycles. The molecule has 0 unspecified atom stereocenters. The van der Waals surface area contributed by atoms with Crippen LogP contribution in [0.1, 0.15) is 58.2 Å². The Morgan fingerprint density at radius 3 is 2.04 bits per heavy atom. The fraction of sp³-hybridized carbons (Fsp3) is 0.619. The lowest BCUT2D eigenvalue weighted by Gasteiger charge is -2.51.